The highest BCUT2D eigenvalue weighted by molar-refractivity contribution is 7.89. The molecule has 15 heteroatoms. The number of fused-ring (bicyclic) bond motifs is 1. The summed E-state index contributed by atoms with van der Waals surface area (Å²) in [6.45, 7) is -19.7. The van der Waals surface area contributed by atoms with Crippen LogP contribution in [0.4, 0.5) is 18.0 Å². The number of carbonyl (C=O) groups is 1. The fraction of sp³-hybridized carbons (Fsp3) is 0.457. The van der Waals surface area contributed by atoms with Gasteiger partial charge in [-0.15, -0.1) is 13.2 Å². The van der Waals surface area contributed by atoms with Crippen LogP contribution in [0, 0.1) is 11.8 Å². The molecule has 5 atom stereocenters. The molecular weight excluding hydrogens is 681 g/mol. The van der Waals surface area contributed by atoms with Crippen LogP contribution in [0.5, 0.6) is 11.5 Å². The van der Waals surface area contributed by atoms with Crippen molar-refractivity contribution in [2.24, 2.45) is 11.8 Å². The quantitative estimate of drug-likeness (QED) is 0.214. The van der Waals surface area contributed by atoms with E-state index in [1.54, 1.807) is 18.2 Å². The number of nitrogens with zero attached hydrogens (tertiary/aromatic N) is 1. The molecule has 2 N–H and O–H groups in total. The lowest BCUT2D eigenvalue weighted by Gasteiger charge is -2.31. The van der Waals surface area contributed by atoms with Gasteiger partial charge in [0, 0.05) is 25.4 Å². The molecule has 2 fully saturated rings. The second-order valence-electron chi connectivity index (χ2n) is 10.9. The van der Waals surface area contributed by atoms with Crippen LogP contribution < -0.4 is 14.8 Å². The van der Waals surface area contributed by atoms with Crippen molar-refractivity contribution in [2.75, 3.05) is 26.2 Å². The van der Waals surface area contributed by atoms with Gasteiger partial charge in [0.15, 0.2) is 6.29 Å². The Hall–Kier alpha value is -3.89. The third-order valence-electron chi connectivity index (χ3n) is 7.30. The molecule has 2 heterocycles. The van der Waals surface area contributed by atoms with E-state index in [2.05, 4.69) is 10.1 Å². The summed E-state index contributed by atoms with van der Waals surface area (Å²) in [4.78, 5) is 12.5. The molecule has 3 aromatic carbocycles. The summed E-state index contributed by atoms with van der Waals surface area (Å²) in [6, 6.07) is 12.9. The van der Waals surface area contributed by atoms with Crippen molar-refractivity contribution in [1.29, 1.82) is 0 Å². The average molecular weight is 737 g/mol. The van der Waals surface area contributed by atoms with Crippen molar-refractivity contribution >= 4 is 16.1 Å². The highest BCUT2D eigenvalue weighted by Crippen LogP contribution is 2.33. The minimum Gasteiger partial charge on any atom is -0.489 e. The van der Waals surface area contributed by atoms with Crippen molar-refractivity contribution in [1.82, 2.24) is 9.62 Å². The maximum Gasteiger partial charge on any atom is 0.573 e. The number of carbonyl (C=O) groups excluding carboxylic acids is 1. The van der Waals surface area contributed by atoms with Crippen LogP contribution in [-0.4, -0.2) is 81.0 Å². The van der Waals surface area contributed by atoms with Crippen molar-refractivity contribution in [3.05, 3.63) is 90.0 Å². The second kappa shape index (κ2) is 16.4. The summed E-state index contributed by atoms with van der Waals surface area (Å²) < 4.78 is 208. The topological polar surface area (TPSA) is 133 Å². The van der Waals surface area contributed by atoms with Crippen molar-refractivity contribution in [2.45, 2.75) is 68.9 Å². The van der Waals surface area contributed by atoms with Crippen molar-refractivity contribution in [3.8, 4) is 11.5 Å². The molecule has 2 aliphatic rings. The molecule has 3 aromatic rings. The molecule has 2 aliphatic heterocycles. The smallest absolute Gasteiger partial charge is 0.489 e. The Balaban J connectivity index is 1.56. The summed E-state index contributed by atoms with van der Waals surface area (Å²) in [5.41, 5.74) is 0.294. The van der Waals surface area contributed by atoms with E-state index in [1.165, 1.54) is 36.4 Å². The monoisotopic (exact) mass is 736 g/mol. The van der Waals surface area contributed by atoms with Gasteiger partial charge in [0.25, 0.3) is 0 Å². The van der Waals surface area contributed by atoms with Crippen molar-refractivity contribution < 1.29 is 74.4 Å². The first kappa shape index (κ1) is 22.8. The predicted molar refractivity (Wildman–Crippen MR) is 175 cm³/mol. The number of ether oxygens (including phenoxy) is 5. The summed E-state index contributed by atoms with van der Waals surface area (Å²) in [5.74, 6) is -6.52. The largest absolute Gasteiger partial charge is 0.573 e. The van der Waals surface area contributed by atoms with E-state index in [4.69, 9.17) is 38.1 Å². The molecule has 0 spiro atoms. The minimum atomic E-state index is -5.72. The predicted octanol–water partition coefficient (Wildman–Crippen LogP) is 5.27. The SMILES string of the molecule is [2H]C([2H])(Oc1ccc(C[C@H](NC(=O)O[C@]2([2H])[C@@H]3CCO[C@@H]3OC2([2H])[2H])[C@H](O)CN(C([2H])([2H])C([2H])(C([2H])([2H])[2H])C([2H])([2H])[2H])S(=O)(=O)c2ccc(OC(F)(F)F)cc2)cc1)c1ccccc1. The number of benzene rings is 3. The Morgan fingerprint density at radius 1 is 1.10 bits per heavy atom. The molecule has 272 valence electrons. The van der Waals surface area contributed by atoms with Gasteiger partial charge in [-0.3, -0.25) is 0 Å². The Bertz CT molecular complexity index is 2210. The van der Waals surface area contributed by atoms with E-state index < -0.39 is 120 Å². The number of alkyl carbamates (subject to hydrolysis) is 1. The van der Waals surface area contributed by atoms with Crippen LogP contribution >= 0.6 is 0 Å². The number of nitrogens with one attached hydrogen (secondary N) is 1. The van der Waals surface area contributed by atoms with Crippen LogP contribution in [0.25, 0.3) is 0 Å². The number of aliphatic hydroxyl groups is 1. The standard InChI is InChI=1S/C35H41F3N2O9S/c1-23(2)19-40(50(43,44)28-14-12-27(13-15-28)49-35(36,37)38)20-31(41)30(39-34(42)48-32-22-47-33-29(32)16-17-45-33)18-24-8-10-26(11-9-24)46-21-25-6-4-3-5-7-25/h3-15,23,29-33,41H,16-22H2,1-2H3,(H,39,42)/t29-,30-,31+,32-,33+/m0/s1/i1D3,2D3,19D2,21D2,22D2,23D,32D. The van der Waals surface area contributed by atoms with E-state index in [0.717, 1.165) is 0 Å². The highest BCUT2D eigenvalue weighted by Gasteiger charge is 2.44. The van der Waals surface area contributed by atoms with Gasteiger partial charge in [-0.25, -0.2) is 13.2 Å². The maximum absolute atomic E-state index is 14.3. The fourth-order valence-electron chi connectivity index (χ4n) is 4.92. The average Bonchev–Trinajstić information content (AvgIpc) is 3.70. The van der Waals surface area contributed by atoms with E-state index in [-0.39, 0.29) is 29.9 Å². The number of aliphatic hydroxyl groups excluding tert-OH is 1. The molecule has 0 aromatic heterocycles. The molecule has 0 bridgehead atoms. The number of hydrogen-bond acceptors (Lipinski definition) is 9. The lowest BCUT2D eigenvalue weighted by molar-refractivity contribution is -0.274. The second-order valence-corrected chi connectivity index (χ2v) is 12.7. The lowest BCUT2D eigenvalue weighted by atomic mass is 10.0. The van der Waals surface area contributed by atoms with Crippen LogP contribution in [0.3, 0.4) is 0 Å². The van der Waals surface area contributed by atoms with Gasteiger partial charge in [0.1, 0.15) is 24.1 Å². The normalized spacial score (nSPS) is 28.3. The molecule has 2 saturated heterocycles. The number of amides is 1. The van der Waals surface area contributed by atoms with Gasteiger partial charge in [-0.1, -0.05) is 56.2 Å². The zero-order valence-corrected chi connectivity index (χ0v) is 26.7. The molecule has 1 amide bonds. The van der Waals surface area contributed by atoms with Gasteiger partial charge in [-0.05, 0) is 66.3 Å². The summed E-state index contributed by atoms with van der Waals surface area (Å²) >= 11 is 0. The summed E-state index contributed by atoms with van der Waals surface area (Å²) in [5, 5.41) is 14.0. The number of alkyl halides is 3. The van der Waals surface area contributed by atoms with Gasteiger partial charge in [-0.2, -0.15) is 4.31 Å². The molecular formula is C35H41F3N2O9S. The van der Waals surface area contributed by atoms with Gasteiger partial charge in [0.2, 0.25) is 10.0 Å². The Labute approximate surface area is 308 Å². The van der Waals surface area contributed by atoms with Crippen LogP contribution in [-0.2, 0) is 37.2 Å². The first-order valence-corrected chi connectivity index (χ1v) is 16.3. The number of halogens is 3. The summed E-state index contributed by atoms with van der Waals surface area (Å²) in [7, 11) is -5.72. The number of hydrogen-bond donors (Lipinski definition) is 2. The van der Waals surface area contributed by atoms with Crippen molar-refractivity contribution in [3.63, 3.8) is 0 Å². The third-order valence-corrected chi connectivity index (χ3v) is 8.99. The van der Waals surface area contributed by atoms with E-state index in [1.807, 2.05) is 0 Å². The van der Waals surface area contributed by atoms with Crippen LogP contribution in [0.1, 0.15) is 50.4 Å². The Kier molecular flexibility index (Phi) is 7.50. The Morgan fingerprint density at radius 3 is 2.48 bits per heavy atom. The van der Waals surface area contributed by atoms with E-state index in [0.29, 0.717) is 24.3 Å². The number of rotatable bonds is 15. The fourth-order valence-corrected chi connectivity index (χ4v) is 6.22. The number of sulfonamides is 1. The molecule has 5 rings (SSSR count). The first-order chi connectivity index (χ1) is 29.2. The minimum absolute atomic E-state index is 0.000648. The first-order valence-electron chi connectivity index (χ1n) is 21.9. The third kappa shape index (κ3) is 10.3. The molecule has 0 radical (unpaired) electrons. The van der Waals surface area contributed by atoms with Crippen LogP contribution in [0.15, 0.2) is 83.8 Å². The van der Waals surface area contributed by atoms with Gasteiger partial charge < -0.3 is 34.1 Å². The summed E-state index contributed by atoms with van der Waals surface area (Å²) in [6.07, 6.45) is -14.0. The molecule has 0 unspecified atom stereocenters. The maximum atomic E-state index is 14.3. The van der Waals surface area contributed by atoms with E-state index in [9.17, 15) is 31.5 Å². The lowest BCUT2D eigenvalue weighted by Crippen LogP contribution is -2.51. The molecule has 0 saturated carbocycles. The zero-order valence-electron chi connectivity index (χ0n) is 39.8. The molecule has 50 heavy (non-hydrogen) atoms. The molecule has 0 aliphatic carbocycles. The zero-order chi connectivity index (χ0) is 48.1. The van der Waals surface area contributed by atoms with E-state index >= 15 is 0 Å². The van der Waals surface area contributed by atoms with Gasteiger partial charge >= 0.3 is 12.5 Å². The highest BCUT2D eigenvalue weighted by atomic mass is 32.2. The molecule has 11 nitrogen and oxygen atoms in total. The Morgan fingerprint density at radius 2 is 1.80 bits per heavy atom. The van der Waals surface area contributed by atoms with Crippen LogP contribution in [0.2, 0.25) is 0 Å². The van der Waals surface area contributed by atoms with Gasteiger partial charge in [0.05, 0.1) is 43.0 Å².